The first-order valence-electron chi connectivity index (χ1n) is 17.5. The summed E-state index contributed by atoms with van der Waals surface area (Å²) in [4.78, 5) is 65.9. The van der Waals surface area contributed by atoms with E-state index >= 15 is 0 Å². The number of nitrogens with two attached hydrogens (primary N) is 1. The second-order valence-electron chi connectivity index (χ2n) is 13.7. The molecule has 2 unspecified atom stereocenters. The SMILES string of the molecule is Nc1ncnc2c1c(-c1ccc(Oc3ccccc3)cc1)nn2C1CCCN(C2CN(c3cccc4c3C(=O)N(C3CCC(=O)NC3=O)C4=O)C2)C1. The van der Waals surface area contributed by atoms with E-state index in [1.165, 1.54) is 6.33 Å². The van der Waals surface area contributed by atoms with Crippen LogP contribution >= 0.6 is 0 Å². The summed E-state index contributed by atoms with van der Waals surface area (Å²) in [6.07, 6.45) is 3.57. The van der Waals surface area contributed by atoms with E-state index in [0.717, 1.165) is 53.2 Å². The van der Waals surface area contributed by atoms with Gasteiger partial charge < -0.3 is 15.4 Å². The summed E-state index contributed by atoms with van der Waals surface area (Å²) in [5.41, 5.74) is 10.0. The second kappa shape index (κ2) is 12.6. The monoisotopic (exact) mass is 697 g/mol. The fourth-order valence-corrected chi connectivity index (χ4v) is 7.92. The lowest BCUT2D eigenvalue weighted by Crippen LogP contribution is -2.61. The third-order valence-corrected chi connectivity index (χ3v) is 10.6. The molecule has 0 saturated carbocycles. The first-order chi connectivity index (χ1) is 25.3. The van der Waals surface area contributed by atoms with E-state index in [4.69, 9.17) is 15.6 Å². The predicted octanol–water partition coefficient (Wildman–Crippen LogP) is 3.79. The van der Waals surface area contributed by atoms with E-state index in [1.807, 2.05) is 65.3 Å². The van der Waals surface area contributed by atoms with Gasteiger partial charge in [-0.15, -0.1) is 0 Å². The number of likely N-dealkylation sites (tertiary alicyclic amines) is 1. The number of hydrogen-bond donors (Lipinski definition) is 2. The van der Waals surface area contributed by atoms with Crippen molar-refractivity contribution in [3.05, 3.63) is 90.3 Å². The third-order valence-electron chi connectivity index (χ3n) is 10.6. The van der Waals surface area contributed by atoms with Gasteiger partial charge in [0.25, 0.3) is 11.8 Å². The van der Waals surface area contributed by atoms with Crippen LogP contribution in [-0.2, 0) is 9.59 Å². The number of piperidine rings is 2. The summed E-state index contributed by atoms with van der Waals surface area (Å²) in [5, 5.41) is 8.08. The van der Waals surface area contributed by atoms with Crippen molar-refractivity contribution in [3.8, 4) is 22.8 Å². The number of rotatable bonds is 7. The number of carbonyl (C=O) groups excluding carboxylic acids is 4. The Bertz CT molecular complexity index is 2250. The minimum absolute atomic E-state index is 0.0521. The van der Waals surface area contributed by atoms with Crippen LogP contribution in [-0.4, -0.2) is 91.4 Å². The van der Waals surface area contributed by atoms with Gasteiger partial charge in [0.2, 0.25) is 11.8 Å². The first-order valence-corrected chi connectivity index (χ1v) is 17.5. The van der Waals surface area contributed by atoms with E-state index in [-0.39, 0.29) is 30.5 Å². The van der Waals surface area contributed by atoms with Gasteiger partial charge in [0.05, 0.1) is 28.2 Å². The van der Waals surface area contributed by atoms with Crippen LogP contribution in [0.15, 0.2) is 79.1 Å². The zero-order valence-corrected chi connectivity index (χ0v) is 28.1. The molecule has 2 atom stereocenters. The summed E-state index contributed by atoms with van der Waals surface area (Å²) in [7, 11) is 0. The number of aromatic nitrogens is 4. The minimum atomic E-state index is -1.00. The third kappa shape index (κ3) is 5.33. The highest BCUT2D eigenvalue weighted by Crippen LogP contribution is 2.39. The number of nitrogens with one attached hydrogen (secondary N) is 1. The molecule has 262 valence electrons. The molecule has 4 amide bonds. The molecule has 0 spiro atoms. The molecule has 52 heavy (non-hydrogen) atoms. The minimum Gasteiger partial charge on any atom is -0.457 e. The topological polar surface area (TPSA) is 169 Å². The Hall–Kier alpha value is -6.15. The van der Waals surface area contributed by atoms with E-state index in [2.05, 4.69) is 25.1 Å². The van der Waals surface area contributed by atoms with Crippen molar-refractivity contribution >= 4 is 46.2 Å². The van der Waals surface area contributed by atoms with Gasteiger partial charge >= 0.3 is 0 Å². The molecular formula is C38H35N9O5. The molecule has 0 aliphatic carbocycles. The van der Waals surface area contributed by atoms with E-state index in [9.17, 15) is 19.2 Å². The molecule has 14 heteroatoms. The zero-order valence-electron chi connectivity index (χ0n) is 28.1. The average Bonchev–Trinajstić information content (AvgIpc) is 3.65. The number of nitrogen functional groups attached to an aromatic ring is 1. The number of nitrogens with zero attached hydrogens (tertiary/aromatic N) is 7. The number of carbonyl (C=O) groups is 4. The van der Waals surface area contributed by atoms with Crippen molar-refractivity contribution in [2.24, 2.45) is 0 Å². The number of fused-ring (bicyclic) bond motifs is 2. The molecule has 2 aromatic heterocycles. The van der Waals surface area contributed by atoms with Crippen LogP contribution in [0.25, 0.3) is 22.3 Å². The molecular weight excluding hydrogens is 662 g/mol. The molecule has 6 heterocycles. The van der Waals surface area contributed by atoms with Gasteiger partial charge in [0.1, 0.15) is 35.4 Å². The molecule has 3 fully saturated rings. The molecule has 4 aliphatic heterocycles. The molecule has 3 N–H and O–H groups in total. The predicted molar refractivity (Wildman–Crippen MR) is 191 cm³/mol. The lowest BCUT2D eigenvalue weighted by atomic mass is 9.97. The summed E-state index contributed by atoms with van der Waals surface area (Å²) in [6.45, 7) is 3.05. The zero-order chi connectivity index (χ0) is 35.5. The van der Waals surface area contributed by atoms with Gasteiger partial charge in [0.15, 0.2) is 5.65 Å². The quantitative estimate of drug-likeness (QED) is 0.237. The van der Waals surface area contributed by atoms with Gasteiger partial charge in [-0.1, -0.05) is 24.3 Å². The molecule has 4 aliphatic rings. The van der Waals surface area contributed by atoms with Gasteiger partial charge in [-0.3, -0.25) is 34.3 Å². The van der Waals surface area contributed by atoms with Gasteiger partial charge in [-0.25, -0.2) is 14.6 Å². The Morgan fingerprint density at radius 2 is 1.60 bits per heavy atom. The largest absolute Gasteiger partial charge is 0.457 e. The van der Waals surface area contributed by atoms with Crippen LogP contribution in [0.1, 0.15) is 52.4 Å². The second-order valence-corrected chi connectivity index (χ2v) is 13.7. The van der Waals surface area contributed by atoms with Crippen molar-refractivity contribution in [3.63, 3.8) is 0 Å². The van der Waals surface area contributed by atoms with Crippen LogP contribution in [0.3, 0.4) is 0 Å². The van der Waals surface area contributed by atoms with E-state index in [0.29, 0.717) is 41.6 Å². The highest BCUT2D eigenvalue weighted by Gasteiger charge is 2.47. The maximum absolute atomic E-state index is 13.7. The summed E-state index contributed by atoms with van der Waals surface area (Å²) in [6, 6.07) is 21.9. The maximum Gasteiger partial charge on any atom is 0.264 e. The fraction of sp³-hybridized carbons (Fsp3) is 0.289. The van der Waals surface area contributed by atoms with Crippen LogP contribution < -0.4 is 20.7 Å². The van der Waals surface area contributed by atoms with Crippen molar-refractivity contribution in [1.82, 2.24) is 34.9 Å². The van der Waals surface area contributed by atoms with Crippen molar-refractivity contribution in [1.29, 1.82) is 0 Å². The standard InChI is InChI=1S/C38H35N9O5/c39-34-32-33(22-11-13-26(14-12-22)52-25-7-2-1-3-8-25)43-47(35(32)41-21-40-34)23-6-5-17-44(18-23)24-19-45(20-24)28-10-4-9-27-31(28)38(51)46(37(27)50)29-15-16-30(48)42-36(29)49/h1-4,7-14,21,23-24,29H,5-6,15-20H2,(H2,39,40,41)(H,42,48,49). The number of benzene rings is 3. The highest BCUT2D eigenvalue weighted by atomic mass is 16.5. The fourth-order valence-electron chi connectivity index (χ4n) is 7.92. The van der Waals surface area contributed by atoms with Crippen molar-refractivity contribution in [2.45, 2.75) is 43.8 Å². The Morgan fingerprint density at radius 3 is 2.38 bits per heavy atom. The lowest BCUT2D eigenvalue weighted by molar-refractivity contribution is -0.136. The Kier molecular flexibility index (Phi) is 7.68. The normalized spacial score (nSPS) is 21.0. The summed E-state index contributed by atoms with van der Waals surface area (Å²) in [5.74, 6) is -0.170. The van der Waals surface area contributed by atoms with Crippen LogP contribution in [0.5, 0.6) is 11.5 Å². The number of para-hydroxylation sites is 1. The van der Waals surface area contributed by atoms with Crippen LogP contribution in [0.2, 0.25) is 0 Å². The number of imide groups is 2. The number of amides is 4. The van der Waals surface area contributed by atoms with Gasteiger partial charge in [0, 0.05) is 37.7 Å². The van der Waals surface area contributed by atoms with Crippen LogP contribution in [0.4, 0.5) is 11.5 Å². The highest BCUT2D eigenvalue weighted by molar-refractivity contribution is 6.25. The molecule has 3 saturated heterocycles. The van der Waals surface area contributed by atoms with Gasteiger partial charge in [-0.05, 0) is 74.3 Å². The Labute approximate surface area is 298 Å². The number of anilines is 2. The van der Waals surface area contributed by atoms with Crippen molar-refractivity contribution in [2.75, 3.05) is 36.8 Å². The van der Waals surface area contributed by atoms with Gasteiger partial charge in [-0.2, -0.15) is 5.10 Å². The van der Waals surface area contributed by atoms with E-state index < -0.39 is 29.7 Å². The van der Waals surface area contributed by atoms with Crippen molar-refractivity contribution < 1.29 is 23.9 Å². The number of ether oxygens (including phenoxy) is 1. The number of hydrogen-bond acceptors (Lipinski definition) is 11. The molecule has 9 rings (SSSR count). The molecule has 0 radical (unpaired) electrons. The molecule has 3 aromatic carbocycles. The smallest absolute Gasteiger partial charge is 0.264 e. The summed E-state index contributed by atoms with van der Waals surface area (Å²) >= 11 is 0. The maximum atomic E-state index is 13.7. The molecule has 0 bridgehead atoms. The molecule has 14 nitrogen and oxygen atoms in total. The lowest BCUT2D eigenvalue weighted by Gasteiger charge is -2.49. The van der Waals surface area contributed by atoms with Crippen LogP contribution in [0, 0.1) is 0 Å². The Morgan fingerprint density at radius 1 is 0.808 bits per heavy atom. The van der Waals surface area contributed by atoms with E-state index in [1.54, 1.807) is 12.1 Å². The first kappa shape index (κ1) is 31.8. The summed E-state index contributed by atoms with van der Waals surface area (Å²) < 4.78 is 7.99. The molecule has 5 aromatic rings. The Balaban J connectivity index is 0.919. The average molecular weight is 698 g/mol.